The third kappa shape index (κ3) is 4.80. The average molecular weight is 417 g/mol. The maximum atomic E-state index is 13.1. The summed E-state index contributed by atoms with van der Waals surface area (Å²) >= 11 is 0. The summed E-state index contributed by atoms with van der Waals surface area (Å²) in [6.07, 6.45) is 3.73. The fourth-order valence-corrected chi connectivity index (χ4v) is 5.08. The molecule has 29 heavy (non-hydrogen) atoms. The predicted octanol–water partition coefficient (Wildman–Crippen LogP) is 3.72. The van der Waals surface area contributed by atoms with Crippen molar-refractivity contribution < 1.29 is 18.1 Å². The Labute approximate surface area is 169 Å². The number of nitrogens with one attached hydrogen (secondary N) is 1. The zero-order valence-corrected chi connectivity index (χ0v) is 16.9. The van der Waals surface area contributed by atoms with Crippen LogP contribution in [-0.4, -0.2) is 36.6 Å². The zero-order valence-electron chi connectivity index (χ0n) is 16.1. The largest absolute Gasteiger partial charge is 0.322 e. The van der Waals surface area contributed by atoms with Crippen LogP contribution in [0.2, 0.25) is 0 Å². The lowest BCUT2D eigenvalue weighted by molar-refractivity contribution is -0.384. The highest BCUT2D eigenvalue weighted by molar-refractivity contribution is 7.89. The van der Waals surface area contributed by atoms with Crippen LogP contribution in [0.25, 0.3) is 0 Å². The molecule has 8 nitrogen and oxygen atoms in total. The van der Waals surface area contributed by atoms with Crippen LogP contribution in [0.1, 0.15) is 41.6 Å². The maximum absolute atomic E-state index is 13.1. The Kier molecular flexibility index (Phi) is 6.29. The third-order valence-corrected chi connectivity index (χ3v) is 7.01. The molecule has 1 fully saturated rings. The van der Waals surface area contributed by atoms with E-state index in [1.165, 1.54) is 34.6 Å². The van der Waals surface area contributed by atoms with Crippen LogP contribution in [0.15, 0.2) is 47.4 Å². The van der Waals surface area contributed by atoms with Crippen molar-refractivity contribution in [3.05, 3.63) is 63.7 Å². The Balaban J connectivity index is 1.83. The van der Waals surface area contributed by atoms with Gasteiger partial charge in [0.1, 0.15) is 0 Å². The quantitative estimate of drug-likeness (QED) is 0.589. The number of rotatable bonds is 5. The first-order valence-electron chi connectivity index (χ1n) is 9.45. The second-order valence-electron chi connectivity index (χ2n) is 7.06. The van der Waals surface area contributed by atoms with Crippen LogP contribution in [0.3, 0.4) is 0 Å². The van der Waals surface area contributed by atoms with Gasteiger partial charge in [0.2, 0.25) is 10.0 Å². The van der Waals surface area contributed by atoms with E-state index in [1.807, 2.05) is 0 Å². The summed E-state index contributed by atoms with van der Waals surface area (Å²) in [5, 5.41) is 13.4. The van der Waals surface area contributed by atoms with Crippen molar-refractivity contribution in [2.24, 2.45) is 0 Å². The number of nitrogens with zero attached hydrogens (tertiary/aromatic N) is 2. The molecule has 1 saturated heterocycles. The SMILES string of the molecule is Cc1ccc(NC(=O)c2ccc([N+](=O)[O-])cc2)cc1S(=O)(=O)N1CCCCCC1. The number of aryl methyl sites for hydroxylation is 1. The summed E-state index contributed by atoms with van der Waals surface area (Å²) in [5.41, 5.74) is 1.10. The lowest BCUT2D eigenvalue weighted by atomic mass is 10.2. The van der Waals surface area contributed by atoms with E-state index >= 15 is 0 Å². The molecular formula is C20H23N3O5S. The van der Waals surface area contributed by atoms with Crippen LogP contribution < -0.4 is 5.32 Å². The molecular weight excluding hydrogens is 394 g/mol. The van der Waals surface area contributed by atoms with Crippen LogP contribution in [0.4, 0.5) is 11.4 Å². The smallest absolute Gasteiger partial charge is 0.269 e. The molecule has 0 aromatic heterocycles. The predicted molar refractivity (Wildman–Crippen MR) is 109 cm³/mol. The maximum Gasteiger partial charge on any atom is 0.269 e. The van der Waals surface area contributed by atoms with Crippen molar-refractivity contribution in [1.82, 2.24) is 4.31 Å². The highest BCUT2D eigenvalue weighted by Gasteiger charge is 2.27. The number of hydrogen-bond acceptors (Lipinski definition) is 5. The first-order valence-corrected chi connectivity index (χ1v) is 10.9. The monoisotopic (exact) mass is 417 g/mol. The van der Waals surface area contributed by atoms with E-state index in [9.17, 15) is 23.3 Å². The van der Waals surface area contributed by atoms with Gasteiger partial charge in [0.15, 0.2) is 0 Å². The lowest BCUT2D eigenvalue weighted by Crippen LogP contribution is -2.32. The summed E-state index contributed by atoms with van der Waals surface area (Å²) in [7, 11) is -3.65. The Hall–Kier alpha value is -2.78. The Morgan fingerprint density at radius 3 is 2.24 bits per heavy atom. The van der Waals surface area contributed by atoms with Crippen molar-refractivity contribution in [1.29, 1.82) is 0 Å². The molecule has 1 amide bonds. The number of amides is 1. The van der Waals surface area contributed by atoms with Crippen LogP contribution in [-0.2, 0) is 10.0 Å². The summed E-state index contributed by atoms with van der Waals surface area (Å²) in [6, 6.07) is 9.99. The number of hydrogen-bond donors (Lipinski definition) is 1. The number of nitro groups is 1. The first kappa shape index (κ1) is 20.9. The van der Waals surface area contributed by atoms with Gasteiger partial charge >= 0.3 is 0 Å². The highest BCUT2D eigenvalue weighted by Crippen LogP contribution is 2.26. The average Bonchev–Trinajstić information content (AvgIpc) is 2.99. The molecule has 1 aliphatic rings. The van der Waals surface area contributed by atoms with Gasteiger partial charge in [-0.05, 0) is 49.6 Å². The minimum Gasteiger partial charge on any atom is -0.322 e. The topological polar surface area (TPSA) is 110 Å². The Morgan fingerprint density at radius 2 is 1.66 bits per heavy atom. The van der Waals surface area contributed by atoms with Crippen molar-refractivity contribution >= 4 is 27.3 Å². The standard InChI is InChI=1S/C20H23N3O5S/c1-15-6-9-17(21-20(24)16-7-10-18(11-8-16)23(25)26)14-19(15)29(27,28)22-12-4-2-3-5-13-22/h6-11,14H,2-5,12-13H2,1H3,(H,21,24). The number of sulfonamides is 1. The molecule has 0 spiro atoms. The third-order valence-electron chi connectivity index (χ3n) is 4.97. The molecule has 1 aliphatic heterocycles. The van der Waals surface area contributed by atoms with Gasteiger partial charge < -0.3 is 5.32 Å². The summed E-state index contributed by atoms with van der Waals surface area (Å²) in [5.74, 6) is -0.470. The number of nitro benzene ring substituents is 1. The number of carbonyl (C=O) groups is 1. The Morgan fingerprint density at radius 1 is 1.03 bits per heavy atom. The van der Waals surface area contributed by atoms with Crippen LogP contribution in [0.5, 0.6) is 0 Å². The van der Waals surface area contributed by atoms with Gasteiger partial charge in [-0.2, -0.15) is 4.31 Å². The summed E-state index contributed by atoms with van der Waals surface area (Å²) in [4.78, 5) is 22.8. The molecule has 3 rings (SSSR count). The minimum absolute atomic E-state index is 0.109. The molecule has 0 atom stereocenters. The van der Waals surface area contributed by atoms with Crippen LogP contribution in [0, 0.1) is 17.0 Å². The molecule has 1 heterocycles. The van der Waals surface area contributed by atoms with E-state index < -0.39 is 20.9 Å². The van der Waals surface area contributed by atoms with E-state index in [1.54, 1.807) is 19.1 Å². The van der Waals surface area contributed by atoms with E-state index in [0.717, 1.165) is 25.7 Å². The first-order chi connectivity index (χ1) is 13.8. The second-order valence-corrected chi connectivity index (χ2v) is 8.96. The zero-order chi connectivity index (χ0) is 21.0. The van der Waals surface area contributed by atoms with E-state index in [-0.39, 0.29) is 16.1 Å². The van der Waals surface area contributed by atoms with Crippen molar-refractivity contribution in [3.63, 3.8) is 0 Å². The van der Waals surface area contributed by atoms with Gasteiger partial charge in [0.05, 0.1) is 9.82 Å². The number of benzene rings is 2. The molecule has 2 aromatic rings. The van der Waals surface area contributed by atoms with Crippen LogP contribution >= 0.6 is 0 Å². The number of non-ortho nitro benzene ring substituents is 1. The van der Waals surface area contributed by atoms with Crippen molar-refractivity contribution in [2.45, 2.75) is 37.5 Å². The van der Waals surface area contributed by atoms with Gasteiger partial charge in [0.25, 0.3) is 11.6 Å². The molecule has 154 valence electrons. The van der Waals surface area contributed by atoms with Gasteiger partial charge in [0, 0.05) is 36.5 Å². The summed E-state index contributed by atoms with van der Waals surface area (Å²) in [6.45, 7) is 2.73. The van der Waals surface area contributed by atoms with E-state index in [4.69, 9.17) is 0 Å². The number of carbonyl (C=O) groups excluding carboxylic acids is 1. The molecule has 9 heteroatoms. The second kappa shape index (κ2) is 8.71. The van der Waals surface area contributed by atoms with E-state index in [2.05, 4.69) is 5.32 Å². The summed E-state index contributed by atoms with van der Waals surface area (Å²) < 4.78 is 27.8. The Bertz CT molecular complexity index is 1010. The molecule has 2 aromatic carbocycles. The molecule has 0 saturated carbocycles. The molecule has 0 bridgehead atoms. The van der Waals surface area contributed by atoms with Gasteiger partial charge in [-0.25, -0.2) is 8.42 Å². The molecule has 0 aliphatic carbocycles. The highest BCUT2D eigenvalue weighted by atomic mass is 32.2. The molecule has 0 unspecified atom stereocenters. The molecule has 0 radical (unpaired) electrons. The lowest BCUT2D eigenvalue weighted by Gasteiger charge is -2.21. The van der Waals surface area contributed by atoms with Crippen molar-refractivity contribution in [2.75, 3.05) is 18.4 Å². The number of anilines is 1. The van der Waals surface area contributed by atoms with Gasteiger partial charge in [-0.15, -0.1) is 0 Å². The van der Waals surface area contributed by atoms with Gasteiger partial charge in [-0.1, -0.05) is 18.9 Å². The van der Waals surface area contributed by atoms with E-state index in [0.29, 0.717) is 24.3 Å². The van der Waals surface area contributed by atoms with Crippen molar-refractivity contribution in [3.8, 4) is 0 Å². The normalized spacial score (nSPS) is 15.5. The fourth-order valence-electron chi connectivity index (χ4n) is 3.31. The minimum atomic E-state index is -3.65. The fraction of sp³-hybridized carbons (Fsp3) is 0.350. The van der Waals surface area contributed by atoms with Gasteiger partial charge in [-0.3, -0.25) is 14.9 Å². The molecule has 1 N–H and O–H groups in total.